The Balaban J connectivity index is 1.51. The molecule has 2 aromatic rings. The number of nitrogens with zero attached hydrogens (tertiary/aromatic N) is 2. The van der Waals surface area contributed by atoms with Gasteiger partial charge in [-0.1, -0.05) is 30.7 Å². The summed E-state index contributed by atoms with van der Waals surface area (Å²) >= 11 is 5.95. The van der Waals surface area contributed by atoms with Gasteiger partial charge < -0.3 is 9.15 Å². The Kier molecular flexibility index (Phi) is 4.74. The van der Waals surface area contributed by atoms with Gasteiger partial charge in [-0.3, -0.25) is 9.59 Å². The van der Waals surface area contributed by atoms with Crippen molar-refractivity contribution < 1.29 is 18.7 Å². The van der Waals surface area contributed by atoms with Gasteiger partial charge in [0.1, 0.15) is 11.8 Å². The van der Waals surface area contributed by atoms with Crippen molar-refractivity contribution in [2.24, 2.45) is 16.9 Å². The van der Waals surface area contributed by atoms with Crippen LogP contribution in [0.5, 0.6) is 0 Å². The molecule has 1 aromatic carbocycles. The van der Waals surface area contributed by atoms with Crippen LogP contribution in [0.15, 0.2) is 52.2 Å². The van der Waals surface area contributed by atoms with Gasteiger partial charge in [-0.05, 0) is 42.2 Å². The lowest BCUT2D eigenvalue weighted by molar-refractivity contribution is -0.154. The number of esters is 1. The van der Waals surface area contributed by atoms with Crippen molar-refractivity contribution in [1.29, 1.82) is 0 Å². The van der Waals surface area contributed by atoms with E-state index in [4.69, 9.17) is 20.8 Å². The molecular formula is C20H19ClN2O4. The summed E-state index contributed by atoms with van der Waals surface area (Å²) in [5, 5.41) is 6.47. The van der Waals surface area contributed by atoms with E-state index in [1.165, 1.54) is 5.01 Å². The molecular weight excluding hydrogens is 368 g/mol. The molecule has 2 heterocycles. The molecule has 27 heavy (non-hydrogen) atoms. The molecule has 1 saturated carbocycles. The predicted octanol–water partition coefficient (Wildman–Crippen LogP) is 3.81. The number of benzene rings is 1. The standard InChI is InChI=1S/C20H19ClN2O4/c1-12-9-15(12)20(25)27-11-19(24)23-17(18-3-2-8-26-18)10-16(22-23)13-4-6-14(21)7-5-13/h2-8,12,15,17H,9-11H2,1H3. The number of ether oxygens (including phenoxy) is 1. The Morgan fingerprint density at radius 3 is 2.67 bits per heavy atom. The van der Waals surface area contributed by atoms with Crippen LogP contribution in [0.4, 0.5) is 0 Å². The fourth-order valence-electron chi connectivity index (χ4n) is 3.22. The lowest BCUT2D eigenvalue weighted by Crippen LogP contribution is -2.31. The van der Waals surface area contributed by atoms with Gasteiger partial charge in [0.25, 0.3) is 5.91 Å². The Bertz CT molecular complexity index is 876. The summed E-state index contributed by atoms with van der Waals surface area (Å²) < 4.78 is 10.7. The Morgan fingerprint density at radius 1 is 1.30 bits per heavy atom. The highest BCUT2D eigenvalue weighted by molar-refractivity contribution is 6.30. The minimum Gasteiger partial charge on any atom is -0.467 e. The first-order chi connectivity index (χ1) is 13.0. The predicted molar refractivity (Wildman–Crippen MR) is 99.1 cm³/mol. The number of hydrogen-bond acceptors (Lipinski definition) is 5. The number of amides is 1. The van der Waals surface area contributed by atoms with Gasteiger partial charge in [0, 0.05) is 11.4 Å². The van der Waals surface area contributed by atoms with E-state index in [0.29, 0.717) is 23.1 Å². The summed E-state index contributed by atoms with van der Waals surface area (Å²) in [5.41, 5.74) is 1.64. The van der Waals surface area contributed by atoms with Crippen molar-refractivity contribution >= 4 is 29.2 Å². The van der Waals surface area contributed by atoms with Crippen LogP contribution in [-0.4, -0.2) is 29.2 Å². The summed E-state index contributed by atoms with van der Waals surface area (Å²) in [6.07, 6.45) is 2.89. The van der Waals surface area contributed by atoms with E-state index in [-0.39, 0.29) is 30.4 Å². The topological polar surface area (TPSA) is 72.1 Å². The van der Waals surface area contributed by atoms with Crippen LogP contribution >= 0.6 is 11.6 Å². The smallest absolute Gasteiger partial charge is 0.309 e. The maximum absolute atomic E-state index is 12.7. The number of rotatable bonds is 5. The monoisotopic (exact) mass is 386 g/mol. The maximum Gasteiger partial charge on any atom is 0.309 e. The minimum atomic E-state index is -0.373. The molecule has 1 aliphatic heterocycles. The highest BCUT2D eigenvalue weighted by atomic mass is 35.5. The molecule has 1 amide bonds. The van der Waals surface area contributed by atoms with Gasteiger partial charge in [0.15, 0.2) is 6.61 Å². The third kappa shape index (κ3) is 3.76. The molecule has 140 valence electrons. The summed E-state index contributed by atoms with van der Waals surface area (Å²) in [6.45, 7) is 1.67. The fraction of sp³-hybridized carbons (Fsp3) is 0.350. The van der Waals surface area contributed by atoms with Crippen molar-refractivity contribution in [1.82, 2.24) is 5.01 Å². The first-order valence-corrected chi connectivity index (χ1v) is 9.26. The summed E-state index contributed by atoms with van der Waals surface area (Å²) in [5.74, 6) is 0.210. The lowest BCUT2D eigenvalue weighted by atomic mass is 10.0. The average Bonchev–Trinajstić information content (AvgIpc) is 3.08. The van der Waals surface area contributed by atoms with E-state index in [1.807, 2.05) is 25.1 Å². The third-order valence-electron chi connectivity index (χ3n) is 4.97. The number of hydrogen-bond donors (Lipinski definition) is 0. The van der Waals surface area contributed by atoms with Crippen LogP contribution in [0.2, 0.25) is 5.02 Å². The van der Waals surface area contributed by atoms with Crippen molar-refractivity contribution in [2.45, 2.75) is 25.8 Å². The average molecular weight is 387 g/mol. The molecule has 1 fully saturated rings. The second kappa shape index (κ2) is 7.19. The van der Waals surface area contributed by atoms with E-state index in [0.717, 1.165) is 17.7 Å². The van der Waals surface area contributed by atoms with Crippen LogP contribution < -0.4 is 0 Å². The van der Waals surface area contributed by atoms with Gasteiger partial charge in [-0.15, -0.1) is 0 Å². The molecule has 4 rings (SSSR count). The second-order valence-corrected chi connectivity index (χ2v) is 7.39. The van der Waals surface area contributed by atoms with Gasteiger partial charge in [0.05, 0.1) is 17.9 Å². The van der Waals surface area contributed by atoms with Crippen LogP contribution in [0.25, 0.3) is 0 Å². The van der Waals surface area contributed by atoms with Crippen molar-refractivity contribution in [2.75, 3.05) is 6.61 Å². The molecule has 6 nitrogen and oxygen atoms in total. The Morgan fingerprint density at radius 2 is 2.04 bits per heavy atom. The van der Waals surface area contributed by atoms with E-state index in [1.54, 1.807) is 24.5 Å². The third-order valence-corrected chi connectivity index (χ3v) is 5.22. The quantitative estimate of drug-likeness (QED) is 0.732. The molecule has 0 spiro atoms. The number of carbonyl (C=O) groups excluding carboxylic acids is 2. The van der Waals surface area contributed by atoms with Crippen molar-refractivity contribution in [3.63, 3.8) is 0 Å². The van der Waals surface area contributed by atoms with E-state index >= 15 is 0 Å². The molecule has 0 saturated heterocycles. The highest BCUT2D eigenvalue weighted by Crippen LogP contribution is 2.39. The van der Waals surface area contributed by atoms with Gasteiger partial charge in [0.2, 0.25) is 0 Å². The molecule has 1 aliphatic carbocycles. The van der Waals surface area contributed by atoms with Crippen molar-refractivity contribution in [3.8, 4) is 0 Å². The normalized spacial score (nSPS) is 23.9. The number of carbonyl (C=O) groups is 2. The first-order valence-electron chi connectivity index (χ1n) is 8.88. The molecule has 0 radical (unpaired) electrons. The molecule has 0 bridgehead atoms. The number of halogens is 1. The summed E-state index contributed by atoms with van der Waals surface area (Å²) in [7, 11) is 0. The zero-order valence-electron chi connectivity index (χ0n) is 14.8. The fourth-order valence-corrected chi connectivity index (χ4v) is 3.34. The molecule has 7 heteroatoms. The van der Waals surface area contributed by atoms with Gasteiger partial charge in [-0.25, -0.2) is 5.01 Å². The van der Waals surface area contributed by atoms with Gasteiger partial charge in [-0.2, -0.15) is 5.10 Å². The Labute approximate surface area is 161 Å². The molecule has 3 atom stereocenters. The van der Waals surface area contributed by atoms with Gasteiger partial charge >= 0.3 is 5.97 Å². The maximum atomic E-state index is 12.7. The SMILES string of the molecule is CC1CC1C(=O)OCC(=O)N1N=C(c2ccc(Cl)cc2)CC1c1ccco1. The zero-order chi connectivity index (χ0) is 19.0. The highest BCUT2D eigenvalue weighted by Gasteiger charge is 2.41. The molecule has 0 N–H and O–H groups in total. The first kappa shape index (κ1) is 17.8. The Hall–Kier alpha value is -2.60. The summed E-state index contributed by atoms with van der Waals surface area (Å²) in [4.78, 5) is 24.6. The molecule has 1 aromatic heterocycles. The largest absolute Gasteiger partial charge is 0.467 e. The number of hydrazone groups is 1. The molecule has 3 unspecified atom stereocenters. The summed E-state index contributed by atoms with van der Waals surface area (Å²) in [6, 6.07) is 10.5. The van der Waals surface area contributed by atoms with E-state index in [2.05, 4.69) is 5.10 Å². The van der Waals surface area contributed by atoms with Crippen molar-refractivity contribution in [3.05, 3.63) is 59.0 Å². The zero-order valence-corrected chi connectivity index (χ0v) is 15.6. The second-order valence-electron chi connectivity index (χ2n) is 6.95. The van der Waals surface area contributed by atoms with Crippen LogP contribution in [0.3, 0.4) is 0 Å². The number of furan rings is 1. The van der Waals surface area contributed by atoms with Crippen LogP contribution in [-0.2, 0) is 14.3 Å². The van der Waals surface area contributed by atoms with E-state index < -0.39 is 0 Å². The lowest BCUT2D eigenvalue weighted by Gasteiger charge is -2.19. The van der Waals surface area contributed by atoms with E-state index in [9.17, 15) is 9.59 Å². The van der Waals surface area contributed by atoms with Crippen LogP contribution in [0, 0.1) is 11.8 Å². The molecule has 2 aliphatic rings. The van der Waals surface area contributed by atoms with Crippen LogP contribution in [0.1, 0.15) is 37.1 Å². The minimum absolute atomic E-state index is 0.0784.